The molecule has 0 aromatic heterocycles. The minimum Gasteiger partial charge on any atom is -0.492 e. The third-order valence-corrected chi connectivity index (χ3v) is 2.98. The van der Waals surface area contributed by atoms with Gasteiger partial charge in [0.05, 0.1) is 5.92 Å². The molecule has 92 valence electrons. The number of amides is 1. The summed E-state index contributed by atoms with van der Waals surface area (Å²) in [5.41, 5.74) is 6.32. The molecule has 5 heteroatoms. The zero-order chi connectivity index (χ0) is 12.3. The lowest BCUT2D eigenvalue weighted by molar-refractivity contribution is -0.126. The van der Waals surface area contributed by atoms with Gasteiger partial charge in [-0.3, -0.25) is 4.79 Å². The molecule has 17 heavy (non-hydrogen) atoms. The van der Waals surface area contributed by atoms with Crippen molar-refractivity contribution in [2.45, 2.75) is 6.42 Å². The van der Waals surface area contributed by atoms with Crippen molar-refractivity contribution < 1.29 is 9.53 Å². The summed E-state index contributed by atoms with van der Waals surface area (Å²) in [6.45, 7) is 1.35. The Labute approximate surface area is 105 Å². The molecule has 1 amide bonds. The zero-order valence-electron chi connectivity index (χ0n) is 9.41. The summed E-state index contributed by atoms with van der Waals surface area (Å²) in [7, 11) is 0. The summed E-state index contributed by atoms with van der Waals surface area (Å²) in [6.07, 6.45) is 0.659. The Morgan fingerprint density at radius 2 is 2.41 bits per heavy atom. The molecule has 4 nitrogen and oxygen atoms in total. The number of hydrogen-bond acceptors (Lipinski definition) is 3. The van der Waals surface area contributed by atoms with Gasteiger partial charge in [-0.05, 0) is 30.2 Å². The molecule has 1 aromatic carbocycles. The molecule has 3 N–H and O–H groups in total. The van der Waals surface area contributed by atoms with Gasteiger partial charge in [-0.25, -0.2) is 0 Å². The number of halogens is 1. The molecule has 1 aliphatic heterocycles. The molecule has 0 fully saturated rings. The summed E-state index contributed by atoms with van der Waals surface area (Å²) in [4.78, 5) is 11.8. The third kappa shape index (κ3) is 2.90. The SMILES string of the molecule is NCCNC(=O)C1COc2ccc(Cl)cc2C1. The van der Waals surface area contributed by atoms with Crippen LogP contribution in [-0.4, -0.2) is 25.6 Å². The van der Waals surface area contributed by atoms with E-state index in [0.29, 0.717) is 31.1 Å². The van der Waals surface area contributed by atoms with Gasteiger partial charge in [0, 0.05) is 18.1 Å². The molecule has 1 unspecified atom stereocenters. The lowest BCUT2D eigenvalue weighted by Gasteiger charge is -2.24. The van der Waals surface area contributed by atoms with Crippen LogP contribution >= 0.6 is 11.6 Å². The highest BCUT2D eigenvalue weighted by Gasteiger charge is 2.25. The standard InChI is InChI=1S/C12H15ClN2O2/c13-10-1-2-11-8(6-10)5-9(7-17-11)12(16)15-4-3-14/h1-2,6,9H,3-5,7,14H2,(H,15,16). The van der Waals surface area contributed by atoms with Gasteiger partial charge in [-0.1, -0.05) is 11.6 Å². The molecule has 1 heterocycles. The van der Waals surface area contributed by atoms with Crippen LogP contribution in [0.4, 0.5) is 0 Å². The van der Waals surface area contributed by atoms with E-state index in [1.807, 2.05) is 12.1 Å². The normalized spacial score (nSPS) is 18.1. The summed E-state index contributed by atoms with van der Waals surface area (Å²) in [5.74, 6) is 0.644. The van der Waals surface area contributed by atoms with Gasteiger partial charge in [0.1, 0.15) is 12.4 Å². The first-order valence-electron chi connectivity index (χ1n) is 5.59. The van der Waals surface area contributed by atoms with Gasteiger partial charge < -0.3 is 15.8 Å². The van der Waals surface area contributed by atoms with E-state index in [0.717, 1.165) is 11.3 Å². The highest BCUT2D eigenvalue weighted by Crippen LogP contribution is 2.29. The van der Waals surface area contributed by atoms with Crippen molar-refractivity contribution >= 4 is 17.5 Å². The van der Waals surface area contributed by atoms with E-state index < -0.39 is 0 Å². The second-order valence-corrected chi connectivity index (χ2v) is 4.48. The fourth-order valence-electron chi connectivity index (χ4n) is 1.87. The lowest BCUT2D eigenvalue weighted by Crippen LogP contribution is -2.39. The van der Waals surface area contributed by atoms with Crippen LogP contribution in [0.1, 0.15) is 5.56 Å². The van der Waals surface area contributed by atoms with Crippen LogP contribution in [0.15, 0.2) is 18.2 Å². The molecule has 2 rings (SSSR count). The van der Waals surface area contributed by atoms with Gasteiger partial charge >= 0.3 is 0 Å². The van der Waals surface area contributed by atoms with Gasteiger partial charge in [0.2, 0.25) is 5.91 Å². The topological polar surface area (TPSA) is 64.3 Å². The summed E-state index contributed by atoms with van der Waals surface area (Å²) < 4.78 is 5.54. The van der Waals surface area contributed by atoms with Crippen LogP contribution in [0.3, 0.4) is 0 Å². The minimum absolute atomic E-state index is 0.0129. The highest BCUT2D eigenvalue weighted by atomic mass is 35.5. The number of ether oxygens (including phenoxy) is 1. The Morgan fingerprint density at radius 3 is 3.18 bits per heavy atom. The quantitative estimate of drug-likeness (QED) is 0.845. The van der Waals surface area contributed by atoms with E-state index in [4.69, 9.17) is 22.1 Å². The van der Waals surface area contributed by atoms with Crippen molar-refractivity contribution in [3.8, 4) is 5.75 Å². The van der Waals surface area contributed by atoms with Crippen molar-refractivity contribution in [1.82, 2.24) is 5.32 Å². The molecule has 0 spiro atoms. The number of carbonyl (C=O) groups excluding carboxylic acids is 1. The van der Waals surface area contributed by atoms with Gasteiger partial charge in [-0.15, -0.1) is 0 Å². The monoisotopic (exact) mass is 254 g/mol. The van der Waals surface area contributed by atoms with Crippen LogP contribution in [0.5, 0.6) is 5.75 Å². The summed E-state index contributed by atoms with van der Waals surface area (Å²) in [6, 6.07) is 5.47. The first-order chi connectivity index (χ1) is 8.20. The number of carbonyl (C=O) groups is 1. The van der Waals surface area contributed by atoms with Gasteiger partial charge in [0.15, 0.2) is 0 Å². The highest BCUT2D eigenvalue weighted by molar-refractivity contribution is 6.30. The molecule has 0 radical (unpaired) electrons. The first kappa shape index (κ1) is 12.2. The predicted molar refractivity (Wildman–Crippen MR) is 66.2 cm³/mol. The van der Waals surface area contributed by atoms with Crippen molar-refractivity contribution in [3.63, 3.8) is 0 Å². The third-order valence-electron chi connectivity index (χ3n) is 2.74. The number of nitrogens with two attached hydrogens (primary N) is 1. The molecule has 1 aliphatic rings. The minimum atomic E-state index is -0.160. The molecule has 1 aromatic rings. The molecular weight excluding hydrogens is 240 g/mol. The van der Waals surface area contributed by atoms with Crippen LogP contribution in [0.25, 0.3) is 0 Å². The smallest absolute Gasteiger partial charge is 0.226 e. The fraction of sp³-hybridized carbons (Fsp3) is 0.417. The second kappa shape index (κ2) is 5.38. The predicted octanol–water partition coefficient (Wildman–Crippen LogP) is 0.966. The lowest BCUT2D eigenvalue weighted by atomic mass is 9.96. The molecular formula is C12H15ClN2O2. The Morgan fingerprint density at radius 1 is 1.59 bits per heavy atom. The van der Waals surface area contributed by atoms with E-state index in [-0.39, 0.29) is 11.8 Å². The number of fused-ring (bicyclic) bond motifs is 1. The average Bonchev–Trinajstić information content (AvgIpc) is 2.35. The second-order valence-electron chi connectivity index (χ2n) is 4.04. The number of benzene rings is 1. The van der Waals surface area contributed by atoms with E-state index in [1.165, 1.54) is 0 Å². The van der Waals surface area contributed by atoms with Crippen molar-refractivity contribution in [1.29, 1.82) is 0 Å². The maximum Gasteiger partial charge on any atom is 0.226 e. The largest absolute Gasteiger partial charge is 0.492 e. The fourth-order valence-corrected chi connectivity index (χ4v) is 2.07. The molecule has 1 atom stereocenters. The number of rotatable bonds is 3. The zero-order valence-corrected chi connectivity index (χ0v) is 10.2. The van der Waals surface area contributed by atoms with Gasteiger partial charge in [-0.2, -0.15) is 0 Å². The summed E-state index contributed by atoms with van der Waals surface area (Å²) >= 11 is 5.91. The Balaban J connectivity index is 2.04. The van der Waals surface area contributed by atoms with Crippen LogP contribution in [0, 0.1) is 5.92 Å². The molecule has 0 aliphatic carbocycles. The van der Waals surface area contributed by atoms with Crippen molar-refractivity contribution in [2.24, 2.45) is 11.7 Å². The van der Waals surface area contributed by atoms with Crippen LogP contribution < -0.4 is 15.8 Å². The van der Waals surface area contributed by atoms with E-state index >= 15 is 0 Å². The Bertz CT molecular complexity index is 423. The number of hydrogen-bond donors (Lipinski definition) is 2. The maximum absolute atomic E-state index is 11.8. The van der Waals surface area contributed by atoms with E-state index in [2.05, 4.69) is 5.32 Å². The molecule has 0 saturated carbocycles. The molecule has 0 bridgehead atoms. The maximum atomic E-state index is 11.8. The van der Waals surface area contributed by atoms with Crippen molar-refractivity contribution in [3.05, 3.63) is 28.8 Å². The Kier molecular flexibility index (Phi) is 3.86. The van der Waals surface area contributed by atoms with Crippen LogP contribution in [0.2, 0.25) is 5.02 Å². The average molecular weight is 255 g/mol. The summed E-state index contributed by atoms with van der Waals surface area (Å²) in [5, 5.41) is 3.43. The van der Waals surface area contributed by atoms with Crippen molar-refractivity contribution in [2.75, 3.05) is 19.7 Å². The van der Waals surface area contributed by atoms with Crippen LogP contribution in [-0.2, 0) is 11.2 Å². The molecule has 0 saturated heterocycles. The Hall–Kier alpha value is -1.26. The van der Waals surface area contributed by atoms with E-state index in [1.54, 1.807) is 6.07 Å². The number of nitrogens with one attached hydrogen (secondary N) is 1. The van der Waals surface area contributed by atoms with E-state index in [9.17, 15) is 4.79 Å². The first-order valence-corrected chi connectivity index (χ1v) is 5.97. The van der Waals surface area contributed by atoms with Gasteiger partial charge in [0.25, 0.3) is 0 Å².